The second-order valence-corrected chi connectivity index (χ2v) is 3.58. The Bertz CT molecular complexity index is 364. The molecule has 0 aliphatic carbocycles. The van der Waals surface area contributed by atoms with Gasteiger partial charge >= 0.3 is 5.97 Å². The van der Waals surface area contributed by atoms with Crippen molar-refractivity contribution in [2.45, 2.75) is 13.0 Å². The van der Waals surface area contributed by atoms with Crippen molar-refractivity contribution in [3.8, 4) is 11.5 Å². The lowest BCUT2D eigenvalue weighted by molar-refractivity contribution is -0.146. The van der Waals surface area contributed by atoms with E-state index < -0.39 is 6.04 Å². The van der Waals surface area contributed by atoms with E-state index in [0.29, 0.717) is 12.4 Å². The van der Waals surface area contributed by atoms with E-state index in [4.69, 9.17) is 14.2 Å². The number of likely N-dealkylation sites (N-methyl/N-ethyl adjacent to an activating group) is 1. The maximum absolute atomic E-state index is 11.5. The van der Waals surface area contributed by atoms with Gasteiger partial charge in [0, 0.05) is 0 Å². The monoisotopic (exact) mass is 253 g/mol. The van der Waals surface area contributed by atoms with Crippen LogP contribution in [0.2, 0.25) is 0 Å². The number of esters is 1. The Morgan fingerprint density at radius 2 is 1.89 bits per heavy atom. The number of nitrogens with one attached hydrogen (secondary N) is 1. The second-order valence-electron chi connectivity index (χ2n) is 3.58. The van der Waals surface area contributed by atoms with Crippen LogP contribution in [0.1, 0.15) is 6.92 Å². The molecule has 1 aromatic carbocycles. The van der Waals surface area contributed by atoms with E-state index in [0.717, 1.165) is 5.75 Å². The zero-order valence-electron chi connectivity index (χ0n) is 10.9. The minimum Gasteiger partial charge on any atom is -0.497 e. The number of methoxy groups -OCH3 is 1. The lowest BCUT2D eigenvalue weighted by atomic mass is 10.3. The summed E-state index contributed by atoms with van der Waals surface area (Å²) in [6.45, 7) is 2.36. The molecule has 1 rings (SSSR count). The highest BCUT2D eigenvalue weighted by Gasteiger charge is 2.18. The molecule has 0 amide bonds. The van der Waals surface area contributed by atoms with Gasteiger partial charge in [-0.2, -0.15) is 0 Å². The first-order valence-corrected chi connectivity index (χ1v) is 5.82. The number of rotatable bonds is 7. The quantitative estimate of drug-likeness (QED) is 0.741. The van der Waals surface area contributed by atoms with Crippen molar-refractivity contribution in [1.82, 2.24) is 5.32 Å². The Kier molecular flexibility index (Phi) is 6.00. The molecule has 0 saturated carbocycles. The van der Waals surface area contributed by atoms with E-state index in [1.807, 2.05) is 0 Å². The summed E-state index contributed by atoms with van der Waals surface area (Å²) in [5.74, 6) is 1.13. The molecule has 0 heterocycles. The third-order valence-corrected chi connectivity index (χ3v) is 2.40. The molecule has 0 fully saturated rings. The molecule has 0 spiro atoms. The molecular formula is C13H19NO4. The van der Waals surface area contributed by atoms with Crippen LogP contribution in [0.4, 0.5) is 0 Å². The van der Waals surface area contributed by atoms with Crippen LogP contribution in [0.5, 0.6) is 11.5 Å². The van der Waals surface area contributed by atoms with Crippen LogP contribution in [0.25, 0.3) is 0 Å². The highest BCUT2D eigenvalue weighted by molar-refractivity contribution is 5.75. The molecule has 0 aliphatic rings. The fourth-order valence-electron chi connectivity index (χ4n) is 1.36. The molecule has 5 heteroatoms. The highest BCUT2D eigenvalue weighted by atomic mass is 16.5. The van der Waals surface area contributed by atoms with Crippen LogP contribution in [0.15, 0.2) is 24.3 Å². The summed E-state index contributed by atoms with van der Waals surface area (Å²) in [6, 6.07) is 6.71. The van der Waals surface area contributed by atoms with Gasteiger partial charge in [-0.25, -0.2) is 0 Å². The molecule has 1 unspecified atom stereocenters. The molecule has 1 atom stereocenters. The molecule has 0 bridgehead atoms. The third-order valence-electron chi connectivity index (χ3n) is 2.40. The van der Waals surface area contributed by atoms with Crippen molar-refractivity contribution in [2.75, 3.05) is 27.4 Å². The van der Waals surface area contributed by atoms with Crippen molar-refractivity contribution < 1.29 is 19.0 Å². The van der Waals surface area contributed by atoms with Crippen molar-refractivity contribution >= 4 is 5.97 Å². The van der Waals surface area contributed by atoms with E-state index in [2.05, 4.69) is 5.32 Å². The first-order valence-electron chi connectivity index (χ1n) is 5.82. The molecular weight excluding hydrogens is 234 g/mol. The third kappa shape index (κ3) is 4.25. The summed E-state index contributed by atoms with van der Waals surface area (Å²) in [5, 5.41) is 2.86. The van der Waals surface area contributed by atoms with Gasteiger partial charge in [0.05, 0.1) is 13.7 Å². The van der Waals surface area contributed by atoms with Crippen LogP contribution in [0.3, 0.4) is 0 Å². The number of ether oxygens (including phenoxy) is 3. The van der Waals surface area contributed by atoms with E-state index in [1.165, 1.54) is 0 Å². The Morgan fingerprint density at radius 1 is 1.28 bits per heavy atom. The molecule has 0 radical (unpaired) electrons. The molecule has 1 N–H and O–H groups in total. The van der Waals surface area contributed by atoms with Gasteiger partial charge in [-0.1, -0.05) is 0 Å². The zero-order chi connectivity index (χ0) is 13.4. The fraction of sp³-hybridized carbons (Fsp3) is 0.462. The average molecular weight is 253 g/mol. The number of carbonyl (C=O) groups is 1. The van der Waals surface area contributed by atoms with E-state index in [-0.39, 0.29) is 12.6 Å². The maximum atomic E-state index is 11.5. The molecule has 1 aromatic rings. The lowest BCUT2D eigenvalue weighted by Crippen LogP contribution is -2.40. The highest BCUT2D eigenvalue weighted by Crippen LogP contribution is 2.17. The number of hydrogen-bond donors (Lipinski definition) is 1. The minimum absolute atomic E-state index is 0.224. The zero-order valence-corrected chi connectivity index (χ0v) is 10.9. The first-order chi connectivity index (χ1) is 8.71. The summed E-state index contributed by atoms with van der Waals surface area (Å²) in [5.41, 5.74) is 0. The van der Waals surface area contributed by atoms with Gasteiger partial charge in [0.15, 0.2) is 0 Å². The normalized spacial score (nSPS) is 11.7. The van der Waals surface area contributed by atoms with E-state index in [9.17, 15) is 4.79 Å². The van der Waals surface area contributed by atoms with Crippen LogP contribution in [-0.4, -0.2) is 39.4 Å². The predicted molar refractivity (Wildman–Crippen MR) is 68.0 cm³/mol. The Labute approximate surface area is 107 Å². The summed E-state index contributed by atoms with van der Waals surface area (Å²) in [7, 11) is 3.30. The number of benzene rings is 1. The molecule has 0 saturated heterocycles. The number of carbonyl (C=O) groups excluding carboxylic acids is 1. The van der Waals surface area contributed by atoms with Crippen molar-refractivity contribution in [2.24, 2.45) is 0 Å². The molecule has 18 heavy (non-hydrogen) atoms. The van der Waals surface area contributed by atoms with Crippen molar-refractivity contribution in [3.63, 3.8) is 0 Å². The molecule has 0 aromatic heterocycles. The number of hydrogen-bond acceptors (Lipinski definition) is 5. The van der Waals surface area contributed by atoms with Crippen molar-refractivity contribution in [1.29, 1.82) is 0 Å². The smallest absolute Gasteiger partial charge is 0.326 e. The second kappa shape index (κ2) is 7.55. The van der Waals surface area contributed by atoms with Crippen LogP contribution < -0.4 is 14.8 Å². The van der Waals surface area contributed by atoms with Gasteiger partial charge in [0.1, 0.15) is 24.1 Å². The molecule has 0 aliphatic heterocycles. The minimum atomic E-state index is -0.466. The van der Waals surface area contributed by atoms with E-state index in [1.54, 1.807) is 45.3 Å². The summed E-state index contributed by atoms with van der Waals surface area (Å²) in [4.78, 5) is 11.5. The van der Waals surface area contributed by atoms with Crippen LogP contribution >= 0.6 is 0 Å². The summed E-state index contributed by atoms with van der Waals surface area (Å²) < 4.78 is 15.5. The van der Waals surface area contributed by atoms with Crippen LogP contribution in [-0.2, 0) is 9.53 Å². The van der Waals surface area contributed by atoms with E-state index >= 15 is 0 Å². The Hall–Kier alpha value is -1.75. The molecule has 100 valence electrons. The Balaban J connectivity index is 2.48. The van der Waals surface area contributed by atoms with Gasteiger partial charge in [-0.3, -0.25) is 4.79 Å². The Morgan fingerprint density at radius 3 is 2.39 bits per heavy atom. The van der Waals surface area contributed by atoms with Gasteiger partial charge < -0.3 is 19.5 Å². The topological polar surface area (TPSA) is 56.8 Å². The van der Waals surface area contributed by atoms with Gasteiger partial charge in [0.25, 0.3) is 0 Å². The predicted octanol–water partition coefficient (Wildman–Crippen LogP) is 1.23. The van der Waals surface area contributed by atoms with Gasteiger partial charge in [0.2, 0.25) is 0 Å². The van der Waals surface area contributed by atoms with Gasteiger partial charge in [-0.15, -0.1) is 0 Å². The summed E-state index contributed by atoms with van der Waals surface area (Å²) >= 11 is 0. The van der Waals surface area contributed by atoms with Crippen LogP contribution in [0, 0.1) is 0 Å². The lowest BCUT2D eigenvalue weighted by Gasteiger charge is -2.15. The maximum Gasteiger partial charge on any atom is 0.326 e. The average Bonchev–Trinajstić information content (AvgIpc) is 2.40. The van der Waals surface area contributed by atoms with Gasteiger partial charge in [-0.05, 0) is 38.2 Å². The SMILES string of the molecule is CCOC(=O)C(COc1ccc(OC)cc1)NC. The standard InChI is InChI=1S/C13H19NO4/c1-4-17-13(15)12(14-2)9-18-11-7-5-10(16-3)6-8-11/h5-8,12,14H,4,9H2,1-3H3. The van der Waals surface area contributed by atoms with Crippen molar-refractivity contribution in [3.05, 3.63) is 24.3 Å². The largest absolute Gasteiger partial charge is 0.497 e. The fourth-order valence-corrected chi connectivity index (χ4v) is 1.36. The molecule has 5 nitrogen and oxygen atoms in total. The summed E-state index contributed by atoms with van der Waals surface area (Å²) in [6.07, 6.45) is 0. The first kappa shape index (κ1) is 14.3.